The minimum absolute atomic E-state index is 0.107. The zero-order valence-electron chi connectivity index (χ0n) is 31.5. The van der Waals surface area contributed by atoms with Crippen molar-refractivity contribution in [3.63, 3.8) is 0 Å². The molecule has 2 aliphatic rings. The molecule has 0 saturated heterocycles. The van der Waals surface area contributed by atoms with Crippen LogP contribution >= 0.6 is 0 Å². The molecule has 0 spiro atoms. The fraction of sp³-hybridized carbons (Fsp3) is 0.120. The Morgan fingerprint density at radius 1 is 0.327 bits per heavy atom. The summed E-state index contributed by atoms with van der Waals surface area (Å²) in [6, 6.07) is 62.9. The maximum absolute atomic E-state index is 4.85. The molecule has 0 amide bonds. The average Bonchev–Trinajstić information content (AvgIpc) is 3.67. The van der Waals surface area contributed by atoms with Gasteiger partial charge in [0.2, 0.25) is 0 Å². The SMILES string of the molecule is CC1(C)c2ccccc2N(c2ccc(-c3nnc(-c4ccc(N5c6ccccc6C(C)(C)c6ccccc65)cc4)n3-c3ccccc3)cc2)c2ccccc21. The first-order valence-corrected chi connectivity index (χ1v) is 19.0. The Kier molecular flexibility index (Phi) is 7.43. The van der Waals surface area contributed by atoms with Crippen LogP contribution < -0.4 is 9.80 Å². The maximum Gasteiger partial charge on any atom is 0.168 e. The van der Waals surface area contributed by atoms with Crippen molar-refractivity contribution in [2.45, 2.75) is 38.5 Å². The molecular weight excluding hydrogens is 671 g/mol. The number of hydrogen-bond donors (Lipinski definition) is 0. The number of fused-ring (bicyclic) bond motifs is 4. The summed E-state index contributed by atoms with van der Waals surface area (Å²) in [5, 5.41) is 9.70. The van der Waals surface area contributed by atoms with Gasteiger partial charge in [-0.3, -0.25) is 4.57 Å². The van der Waals surface area contributed by atoms with E-state index in [1.54, 1.807) is 0 Å². The molecule has 266 valence electrons. The summed E-state index contributed by atoms with van der Waals surface area (Å²) >= 11 is 0. The predicted octanol–water partition coefficient (Wildman–Crippen LogP) is 12.8. The lowest BCUT2D eigenvalue weighted by molar-refractivity contribution is 0.632. The van der Waals surface area contributed by atoms with Crippen LogP contribution in [0, 0.1) is 0 Å². The van der Waals surface area contributed by atoms with Gasteiger partial charge in [0.25, 0.3) is 0 Å². The van der Waals surface area contributed by atoms with Gasteiger partial charge in [0, 0.05) is 39.0 Å². The first-order valence-electron chi connectivity index (χ1n) is 19.0. The van der Waals surface area contributed by atoms with Crippen LogP contribution in [0.3, 0.4) is 0 Å². The lowest BCUT2D eigenvalue weighted by Gasteiger charge is -2.42. The van der Waals surface area contributed by atoms with Crippen LogP contribution in [0.15, 0.2) is 176 Å². The van der Waals surface area contributed by atoms with Gasteiger partial charge in [0.05, 0.1) is 22.7 Å². The molecule has 55 heavy (non-hydrogen) atoms. The Balaban J connectivity index is 1.04. The van der Waals surface area contributed by atoms with E-state index >= 15 is 0 Å². The van der Waals surface area contributed by atoms with Gasteiger partial charge in [-0.15, -0.1) is 10.2 Å². The third-order valence-electron chi connectivity index (χ3n) is 11.7. The summed E-state index contributed by atoms with van der Waals surface area (Å²) in [6.45, 7) is 9.27. The number of benzene rings is 7. The molecule has 0 N–H and O–H groups in total. The van der Waals surface area contributed by atoms with Crippen molar-refractivity contribution in [3.05, 3.63) is 198 Å². The molecule has 7 aromatic carbocycles. The van der Waals surface area contributed by atoms with Crippen LogP contribution in [0.25, 0.3) is 28.5 Å². The summed E-state index contributed by atoms with van der Waals surface area (Å²) in [4.78, 5) is 4.77. The van der Waals surface area contributed by atoms with Gasteiger partial charge in [-0.05, 0) is 107 Å². The van der Waals surface area contributed by atoms with Gasteiger partial charge >= 0.3 is 0 Å². The second-order valence-corrected chi connectivity index (χ2v) is 15.6. The number of anilines is 6. The van der Waals surface area contributed by atoms with Crippen LogP contribution in [0.1, 0.15) is 49.9 Å². The number of hydrogen-bond acceptors (Lipinski definition) is 4. The van der Waals surface area contributed by atoms with E-state index in [4.69, 9.17) is 10.2 Å². The summed E-state index contributed by atoms with van der Waals surface area (Å²) < 4.78 is 2.17. The Morgan fingerprint density at radius 2 is 0.636 bits per heavy atom. The third kappa shape index (κ3) is 5.07. The zero-order chi connectivity index (χ0) is 37.3. The molecule has 0 fully saturated rings. The number of para-hydroxylation sites is 5. The van der Waals surface area contributed by atoms with Crippen molar-refractivity contribution >= 4 is 34.1 Å². The fourth-order valence-corrected chi connectivity index (χ4v) is 8.89. The predicted molar refractivity (Wildman–Crippen MR) is 226 cm³/mol. The Morgan fingerprint density at radius 3 is 0.982 bits per heavy atom. The van der Waals surface area contributed by atoms with Crippen molar-refractivity contribution in [1.82, 2.24) is 14.8 Å². The smallest absolute Gasteiger partial charge is 0.168 e. The molecule has 5 heteroatoms. The van der Waals surface area contributed by atoms with E-state index < -0.39 is 0 Å². The highest BCUT2D eigenvalue weighted by Crippen LogP contribution is 2.53. The second kappa shape index (κ2) is 12.4. The standard InChI is InChI=1S/C50H41N5/c1-49(2)39-18-8-12-22-43(39)53(44-23-13-9-19-40(44)49)37-30-26-34(27-31-37)47-51-52-48(55(47)36-16-6-5-7-17-36)35-28-32-38(33-29-35)54-45-24-14-10-20-41(45)50(3,4)42-21-11-15-25-46(42)54/h5-33H,1-4H3. The molecule has 1 aromatic heterocycles. The van der Waals surface area contributed by atoms with E-state index in [9.17, 15) is 0 Å². The summed E-state index contributed by atoms with van der Waals surface area (Å²) in [7, 11) is 0. The Bertz CT molecular complexity index is 2440. The number of aromatic nitrogens is 3. The molecule has 0 aliphatic carbocycles. The van der Waals surface area contributed by atoms with Gasteiger partial charge in [-0.2, -0.15) is 0 Å². The third-order valence-corrected chi connectivity index (χ3v) is 11.7. The first kappa shape index (κ1) is 32.9. The molecule has 5 nitrogen and oxygen atoms in total. The highest BCUT2D eigenvalue weighted by Gasteiger charge is 2.38. The monoisotopic (exact) mass is 711 g/mol. The molecule has 2 aliphatic heterocycles. The van der Waals surface area contributed by atoms with E-state index in [0.717, 1.165) is 39.8 Å². The van der Waals surface area contributed by atoms with Gasteiger partial charge in [-0.25, -0.2) is 0 Å². The van der Waals surface area contributed by atoms with Crippen molar-refractivity contribution in [2.24, 2.45) is 0 Å². The molecule has 0 saturated carbocycles. The van der Waals surface area contributed by atoms with Crippen molar-refractivity contribution in [3.8, 4) is 28.5 Å². The normalized spacial score (nSPS) is 14.8. The summed E-state index contributed by atoms with van der Waals surface area (Å²) in [5.41, 5.74) is 15.1. The van der Waals surface area contributed by atoms with Crippen molar-refractivity contribution < 1.29 is 0 Å². The first-order chi connectivity index (χ1) is 26.8. The zero-order valence-corrected chi connectivity index (χ0v) is 31.5. The minimum atomic E-state index is -0.107. The van der Waals surface area contributed by atoms with E-state index in [1.807, 2.05) is 6.07 Å². The molecule has 8 aromatic rings. The van der Waals surface area contributed by atoms with Gasteiger partial charge in [0.15, 0.2) is 11.6 Å². The average molecular weight is 712 g/mol. The van der Waals surface area contributed by atoms with Crippen LogP contribution in [0.4, 0.5) is 34.1 Å². The van der Waals surface area contributed by atoms with Crippen LogP contribution in [0.5, 0.6) is 0 Å². The van der Waals surface area contributed by atoms with E-state index in [-0.39, 0.29) is 10.8 Å². The van der Waals surface area contributed by atoms with Crippen molar-refractivity contribution in [1.29, 1.82) is 0 Å². The van der Waals surface area contributed by atoms with Gasteiger partial charge in [0.1, 0.15) is 0 Å². The summed E-state index contributed by atoms with van der Waals surface area (Å²) in [5.74, 6) is 1.58. The molecule has 3 heterocycles. The molecule has 10 rings (SSSR count). The quantitative estimate of drug-likeness (QED) is 0.178. The maximum atomic E-state index is 4.85. The second-order valence-electron chi connectivity index (χ2n) is 15.6. The molecule has 0 atom stereocenters. The fourth-order valence-electron chi connectivity index (χ4n) is 8.89. The van der Waals surface area contributed by atoms with E-state index in [1.165, 1.54) is 45.0 Å². The van der Waals surface area contributed by atoms with Gasteiger partial charge in [-0.1, -0.05) is 119 Å². The van der Waals surface area contributed by atoms with Gasteiger partial charge < -0.3 is 9.80 Å². The van der Waals surface area contributed by atoms with Crippen molar-refractivity contribution in [2.75, 3.05) is 9.80 Å². The highest BCUT2D eigenvalue weighted by molar-refractivity contribution is 5.88. The minimum Gasteiger partial charge on any atom is -0.310 e. The Labute approximate surface area is 322 Å². The number of nitrogens with zero attached hydrogens (tertiary/aromatic N) is 5. The largest absolute Gasteiger partial charge is 0.310 e. The molecule has 0 radical (unpaired) electrons. The van der Waals surface area contributed by atoms with E-state index in [2.05, 4.69) is 212 Å². The highest BCUT2D eigenvalue weighted by atomic mass is 15.3. The van der Waals surface area contributed by atoms with Crippen LogP contribution in [0.2, 0.25) is 0 Å². The summed E-state index contributed by atoms with van der Waals surface area (Å²) in [6.07, 6.45) is 0. The van der Waals surface area contributed by atoms with Crippen LogP contribution in [-0.2, 0) is 10.8 Å². The number of rotatable bonds is 5. The molecular formula is C50H41N5. The Hall–Kier alpha value is -6.72. The topological polar surface area (TPSA) is 37.2 Å². The molecule has 0 bridgehead atoms. The lowest BCUT2D eigenvalue weighted by Crippen LogP contribution is -2.30. The van der Waals surface area contributed by atoms with E-state index in [0.29, 0.717) is 0 Å². The molecule has 0 unspecified atom stereocenters. The lowest BCUT2D eigenvalue weighted by atomic mass is 9.73. The van der Waals surface area contributed by atoms with Crippen LogP contribution in [-0.4, -0.2) is 14.8 Å².